The van der Waals surface area contributed by atoms with Crippen LogP contribution < -0.4 is 0 Å². The maximum Gasteiger partial charge on any atom is 0.129 e. The molecule has 0 amide bonds. The number of thioether (sulfide) groups is 1. The smallest absolute Gasteiger partial charge is 0.129 e. The number of benzene rings is 1. The topological polar surface area (TPSA) is 38.0 Å². The maximum absolute atomic E-state index is 9.58. The van der Waals surface area contributed by atoms with Crippen LogP contribution in [-0.4, -0.2) is 20.4 Å². The van der Waals surface area contributed by atoms with Gasteiger partial charge in [-0.1, -0.05) is 12.1 Å². The summed E-state index contributed by atoms with van der Waals surface area (Å²) in [7, 11) is 0. The van der Waals surface area contributed by atoms with Gasteiger partial charge < -0.3 is 9.67 Å². The molecule has 0 aliphatic rings. The summed E-state index contributed by atoms with van der Waals surface area (Å²) in [5.41, 5.74) is 0. The molecule has 1 N–H and O–H groups in total. The van der Waals surface area contributed by atoms with E-state index < -0.39 is 0 Å². The number of nitrogens with zero attached hydrogens (tertiary/aromatic N) is 2. The minimum atomic E-state index is 0.356. The van der Waals surface area contributed by atoms with Crippen LogP contribution in [0, 0.1) is 6.92 Å². The molecule has 0 atom stereocenters. The Morgan fingerprint density at radius 3 is 2.88 bits per heavy atom. The number of aromatic hydroxyl groups is 1. The summed E-state index contributed by atoms with van der Waals surface area (Å²) in [6, 6.07) is 7.41. The van der Waals surface area contributed by atoms with E-state index in [-0.39, 0.29) is 0 Å². The van der Waals surface area contributed by atoms with Crippen molar-refractivity contribution in [3.05, 3.63) is 42.5 Å². The number of phenols is 1. The molecule has 1 aromatic heterocycles. The molecule has 1 aromatic carbocycles. The molecule has 0 unspecified atom stereocenters. The minimum Gasteiger partial charge on any atom is -0.507 e. The molecule has 0 aliphatic heterocycles. The van der Waals surface area contributed by atoms with E-state index in [4.69, 9.17) is 0 Å². The van der Waals surface area contributed by atoms with Gasteiger partial charge in [-0.3, -0.25) is 0 Å². The van der Waals surface area contributed by atoms with Gasteiger partial charge in [-0.15, -0.1) is 11.8 Å². The number of aryl methyl sites for hydroxylation is 2. The zero-order valence-corrected chi connectivity index (χ0v) is 9.94. The van der Waals surface area contributed by atoms with Gasteiger partial charge in [0.2, 0.25) is 0 Å². The van der Waals surface area contributed by atoms with Crippen LogP contribution in [0.2, 0.25) is 0 Å². The third-order valence-corrected chi connectivity index (χ3v) is 3.42. The fourth-order valence-corrected chi connectivity index (χ4v) is 2.37. The van der Waals surface area contributed by atoms with E-state index >= 15 is 0 Å². The number of para-hydroxylation sites is 1. The van der Waals surface area contributed by atoms with Gasteiger partial charge >= 0.3 is 0 Å². The zero-order valence-electron chi connectivity index (χ0n) is 9.13. The molecular weight excluding hydrogens is 220 g/mol. The lowest BCUT2D eigenvalue weighted by Crippen LogP contribution is -2.01. The molecule has 1 heterocycles. The Kier molecular flexibility index (Phi) is 3.51. The highest BCUT2D eigenvalue weighted by Crippen LogP contribution is 2.27. The van der Waals surface area contributed by atoms with E-state index in [0.29, 0.717) is 5.75 Å². The molecule has 0 spiro atoms. The zero-order chi connectivity index (χ0) is 11.4. The van der Waals surface area contributed by atoms with Crippen LogP contribution in [0.25, 0.3) is 0 Å². The third kappa shape index (κ3) is 2.58. The molecule has 0 radical (unpaired) electrons. The second kappa shape index (κ2) is 5.07. The molecule has 0 bridgehead atoms. The van der Waals surface area contributed by atoms with Crippen LogP contribution in [0.4, 0.5) is 0 Å². The van der Waals surface area contributed by atoms with Crippen molar-refractivity contribution in [3.63, 3.8) is 0 Å². The van der Waals surface area contributed by atoms with Crippen molar-refractivity contribution in [2.45, 2.75) is 18.4 Å². The van der Waals surface area contributed by atoms with Crippen LogP contribution in [0.3, 0.4) is 0 Å². The molecule has 0 fully saturated rings. The Morgan fingerprint density at radius 1 is 1.38 bits per heavy atom. The lowest BCUT2D eigenvalue weighted by atomic mass is 10.3. The summed E-state index contributed by atoms with van der Waals surface area (Å²) in [6.07, 6.45) is 3.78. The molecule has 0 aliphatic carbocycles. The fourth-order valence-electron chi connectivity index (χ4n) is 1.47. The molecule has 0 saturated heterocycles. The molecule has 2 rings (SSSR count). The van der Waals surface area contributed by atoms with Crippen LogP contribution in [0.5, 0.6) is 5.75 Å². The number of hydrogen-bond acceptors (Lipinski definition) is 3. The average molecular weight is 234 g/mol. The summed E-state index contributed by atoms with van der Waals surface area (Å²) in [5, 5.41) is 9.58. The first-order chi connectivity index (χ1) is 7.77. The van der Waals surface area contributed by atoms with Gasteiger partial charge in [0.05, 0.1) is 0 Å². The Morgan fingerprint density at radius 2 is 2.19 bits per heavy atom. The van der Waals surface area contributed by atoms with E-state index in [2.05, 4.69) is 9.55 Å². The predicted octanol–water partition coefficient (Wildman–Crippen LogP) is 2.69. The highest BCUT2D eigenvalue weighted by molar-refractivity contribution is 7.99. The molecule has 2 aromatic rings. The van der Waals surface area contributed by atoms with E-state index in [0.717, 1.165) is 23.0 Å². The second-order valence-electron chi connectivity index (χ2n) is 3.48. The number of phenolic OH excluding ortho intramolecular Hbond substituents is 1. The minimum absolute atomic E-state index is 0.356. The van der Waals surface area contributed by atoms with E-state index in [9.17, 15) is 5.11 Å². The Bertz CT molecular complexity index is 468. The fraction of sp³-hybridized carbons (Fsp3) is 0.250. The van der Waals surface area contributed by atoms with Crippen molar-refractivity contribution < 1.29 is 5.11 Å². The highest BCUT2D eigenvalue weighted by Gasteiger charge is 2.01. The Hall–Kier alpha value is -1.42. The average Bonchev–Trinajstić information content (AvgIpc) is 2.67. The SMILES string of the molecule is Cc1nccn1CCSc1ccccc1O. The van der Waals surface area contributed by atoms with Crippen molar-refractivity contribution in [1.82, 2.24) is 9.55 Å². The predicted molar refractivity (Wildman–Crippen MR) is 65.8 cm³/mol. The molecule has 4 heteroatoms. The molecular formula is C12H14N2OS. The summed E-state index contributed by atoms with van der Waals surface area (Å²) in [4.78, 5) is 5.09. The normalized spacial score (nSPS) is 10.6. The van der Waals surface area contributed by atoms with Crippen LogP contribution in [-0.2, 0) is 6.54 Å². The van der Waals surface area contributed by atoms with Gasteiger partial charge in [-0.25, -0.2) is 4.98 Å². The summed E-state index contributed by atoms with van der Waals surface area (Å²) < 4.78 is 2.10. The maximum atomic E-state index is 9.58. The van der Waals surface area contributed by atoms with E-state index in [1.165, 1.54) is 0 Å². The van der Waals surface area contributed by atoms with E-state index in [1.807, 2.05) is 31.3 Å². The van der Waals surface area contributed by atoms with Gasteiger partial charge in [0.15, 0.2) is 0 Å². The Balaban J connectivity index is 1.89. The van der Waals surface area contributed by atoms with Crippen molar-refractivity contribution >= 4 is 11.8 Å². The first kappa shape index (κ1) is 11.1. The summed E-state index contributed by atoms with van der Waals surface area (Å²) in [5.74, 6) is 2.31. The summed E-state index contributed by atoms with van der Waals surface area (Å²) >= 11 is 1.66. The van der Waals surface area contributed by atoms with Crippen LogP contribution in [0.1, 0.15) is 5.82 Å². The van der Waals surface area contributed by atoms with Gasteiger partial charge in [0.1, 0.15) is 11.6 Å². The molecule has 3 nitrogen and oxygen atoms in total. The third-order valence-electron chi connectivity index (χ3n) is 2.38. The van der Waals surface area contributed by atoms with Crippen LogP contribution >= 0.6 is 11.8 Å². The van der Waals surface area contributed by atoms with Gasteiger partial charge in [0, 0.05) is 29.6 Å². The lowest BCUT2D eigenvalue weighted by molar-refractivity contribution is 0.462. The van der Waals surface area contributed by atoms with Crippen molar-refractivity contribution in [1.29, 1.82) is 0 Å². The van der Waals surface area contributed by atoms with Crippen molar-refractivity contribution in [3.8, 4) is 5.75 Å². The van der Waals surface area contributed by atoms with Crippen molar-refractivity contribution in [2.24, 2.45) is 0 Å². The quantitative estimate of drug-likeness (QED) is 0.827. The highest BCUT2D eigenvalue weighted by atomic mass is 32.2. The Labute approximate surface area is 99.1 Å². The number of imidazole rings is 1. The number of aromatic nitrogens is 2. The first-order valence-electron chi connectivity index (χ1n) is 5.16. The largest absolute Gasteiger partial charge is 0.507 e. The summed E-state index contributed by atoms with van der Waals surface area (Å²) in [6.45, 7) is 2.90. The molecule has 84 valence electrons. The number of hydrogen-bond donors (Lipinski definition) is 1. The van der Waals surface area contributed by atoms with Gasteiger partial charge in [-0.2, -0.15) is 0 Å². The van der Waals surface area contributed by atoms with Crippen LogP contribution in [0.15, 0.2) is 41.6 Å². The molecule has 16 heavy (non-hydrogen) atoms. The van der Waals surface area contributed by atoms with E-state index in [1.54, 1.807) is 24.0 Å². The monoisotopic (exact) mass is 234 g/mol. The van der Waals surface area contributed by atoms with Gasteiger partial charge in [-0.05, 0) is 19.1 Å². The first-order valence-corrected chi connectivity index (χ1v) is 6.14. The second-order valence-corrected chi connectivity index (χ2v) is 4.62. The molecule has 0 saturated carbocycles. The van der Waals surface area contributed by atoms with Crippen molar-refractivity contribution in [2.75, 3.05) is 5.75 Å². The standard InChI is InChI=1S/C12H14N2OS/c1-10-13-6-7-14(10)8-9-16-12-5-3-2-4-11(12)15/h2-7,15H,8-9H2,1H3. The van der Waals surface area contributed by atoms with Gasteiger partial charge in [0.25, 0.3) is 0 Å². The number of rotatable bonds is 4. The lowest BCUT2D eigenvalue weighted by Gasteiger charge is -2.06.